The monoisotopic (exact) mass is 1210 g/mol. The van der Waals surface area contributed by atoms with Crippen molar-refractivity contribution in [3.63, 3.8) is 0 Å². The van der Waals surface area contributed by atoms with Crippen LogP contribution in [-0.2, 0) is 32.7 Å². The van der Waals surface area contributed by atoms with Crippen LogP contribution in [0.1, 0.15) is 271 Å². The number of nitrogens with zero attached hydrogens (tertiary/aromatic N) is 1. The van der Waals surface area contributed by atoms with Gasteiger partial charge in [-0.15, -0.1) is 0 Å². The quantitative estimate of drug-likeness (QED) is 0.0195. The number of esters is 2. The van der Waals surface area contributed by atoms with Crippen molar-refractivity contribution < 1.29 is 42.1 Å². The summed E-state index contributed by atoms with van der Waals surface area (Å²) < 4.78 is 34.3. The summed E-state index contributed by atoms with van der Waals surface area (Å²) in [5.41, 5.74) is 0. The molecule has 0 aromatic carbocycles. The number of ether oxygens (including phenoxy) is 2. The first-order valence-corrected chi connectivity index (χ1v) is 36.0. The Balaban J connectivity index is 4.09. The molecule has 0 aromatic heterocycles. The highest BCUT2D eigenvalue weighted by atomic mass is 31.2. The molecule has 0 bridgehead atoms. The highest BCUT2D eigenvalue weighted by molar-refractivity contribution is 7.45. The Morgan fingerprint density at radius 2 is 0.628 bits per heavy atom. The van der Waals surface area contributed by atoms with Crippen LogP contribution < -0.4 is 4.89 Å². The highest BCUT2D eigenvalue weighted by Crippen LogP contribution is 2.38. The normalized spacial score (nSPS) is 14.1. The number of quaternary nitrogens is 1. The van der Waals surface area contributed by atoms with Gasteiger partial charge in [0.2, 0.25) is 0 Å². The molecule has 0 spiro atoms. The number of phosphoric acid groups is 1. The lowest BCUT2D eigenvalue weighted by Crippen LogP contribution is -2.37. The SMILES string of the molecule is CC/C=C\C/C=C\C/C=C\C/C=C\C/C=C\C/C=C\CCCCCCCCCCCCCCCCCCC(=O)OC(COC(=O)CCCCCCCCCC/C=C\C/C=C\C/C=C\C/C=C\C/C=C\C/C=C\CC)COP(=O)([O-])OCC[N+](C)(C)C. The lowest BCUT2D eigenvalue weighted by atomic mass is 10.0. The second-order valence-electron chi connectivity index (χ2n) is 23.8. The Labute approximate surface area is 529 Å². The van der Waals surface area contributed by atoms with Crippen LogP contribution in [-0.4, -0.2) is 70.0 Å². The minimum atomic E-state index is -4.65. The van der Waals surface area contributed by atoms with Crippen LogP contribution in [0.3, 0.4) is 0 Å². The zero-order valence-corrected chi connectivity index (χ0v) is 56.6. The van der Waals surface area contributed by atoms with Gasteiger partial charge in [0.1, 0.15) is 19.8 Å². The molecule has 2 atom stereocenters. The topological polar surface area (TPSA) is 111 Å². The third-order valence-corrected chi connectivity index (χ3v) is 15.3. The van der Waals surface area contributed by atoms with E-state index in [0.29, 0.717) is 23.9 Å². The van der Waals surface area contributed by atoms with Gasteiger partial charge in [0.15, 0.2) is 6.10 Å². The number of allylic oxidation sites excluding steroid dienone is 24. The average molecular weight is 1210 g/mol. The van der Waals surface area contributed by atoms with E-state index in [1.165, 1.54) is 109 Å². The van der Waals surface area contributed by atoms with Gasteiger partial charge in [-0.05, 0) is 116 Å². The molecular formula is C76H128NO8P. The lowest BCUT2D eigenvalue weighted by molar-refractivity contribution is -0.870. The number of carbonyl (C=O) groups is 2. The number of likely N-dealkylation sites (N-methyl/N-ethyl adjacent to an activating group) is 1. The van der Waals surface area contributed by atoms with E-state index < -0.39 is 32.5 Å². The maximum atomic E-state index is 12.9. The van der Waals surface area contributed by atoms with E-state index in [1.54, 1.807) is 0 Å². The smallest absolute Gasteiger partial charge is 0.306 e. The first-order valence-electron chi connectivity index (χ1n) is 34.5. The number of hydrogen-bond acceptors (Lipinski definition) is 8. The van der Waals surface area contributed by atoms with Crippen molar-refractivity contribution >= 4 is 19.8 Å². The first kappa shape index (κ1) is 81.9. The van der Waals surface area contributed by atoms with Gasteiger partial charge < -0.3 is 27.9 Å². The number of unbranched alkanes of at least 4 members (excludes halogenated alkanes) is 24. The van der Waals surface area contributed by atoms with Crippen molar-refractivity contribution in [2.24, 2.45) is 0 Å². The molecule has 9 nitrogen and oxygen atoms in total. The third kappa shape index (κ3) is 69.0. The Kier molecular flexibility index (Phi) is 62.2. The van der Waals surface area contributed by atoms with Gasteiger partial charge in [0.25, 0.3) is 7.82 Å². The second kappa shape index (κ2) is 65.3. The van der Waals surface area contributed by atoms with Crippen molar-refractivity contribution in [2.45, 2.75) is 277 Å². The minimum Gasteiger partial charge on any atom is -0.756 e. The molecule has 10 heteroatoms. The Bertz CT molecular complexity index is 1960. The van der Waals surface area contributed by atoms with Crippen LogP contribution in [0.2, 0.25) is 0 Å². The molecule has 0 amide bonds. The Morgan fingerprint density at radius 1 is 0.360 bits per heavy atom. The fourth-order valence-electron chi connectivity index (χ4n) is 9.14. The van der Waals surface area contributed by atoms with Crippen LogP contribution in [0, 0.1) is 0 Å². The molecule has 0 aliphatic heterocycles. The van der Waals surface area contributed by atoms with E-state index in [-0.39, 0.29) is 26.1 Å². The molecule has 0 N–H and O–H groups in total. The van der Waals surface area contributed by atoms with Gasteiger partial charge in [-0.2, -0.15) is 0 Å². The third-order valence-electron chi connectivity index (χ3n) is 14.4. The molecule has 0 radical (unpaired) electrons. The van der Waals surface area contributed by atoms with Crippen LogP contribution in [0.15, 0.2) is 146 Å². The number of hydrogen-bond donors (Lipinski definition) is 0. The molecule has 0 saturated carbocycles. The summed E-state index contributed by atoms with van der Waals surface area (Å²) in [5, 5.41) is 0. The number of carbonyl (C=O) groups excluding carboxylic acids is 2. The second-order valence-corrected chi connectivity index (χ2v) is 25.2. The van der Waals surface area contributed by atoms with Crippen molar-refractivity contribution in [3.05, 3.63) is 146 Å². The van der Waals surface area contributed by atoms with E-state index in [1.807, 2.05) is 21.1 Å². The summed E-state index contributed by atoms with van der Waals surface area (Å²) in [6.45, 7) is 4.01. The van der Waals surface area contributed by atoms with Crippen molar-refractivity contribution in [3.8, 4) is 0 Å². The molecule has 0 rings (SSSR count). The molecule has 490 valence electrons. The van der Waals surface area contributed by atoms with Gasteiger partial charge in [-0.1, -0.05) is 288 Å². The summed E-state index contributed by atoms with van der Waals surface area (Å²) >= 11 is 0. The Hall–Kier alpha value is -4.11. The predicted molar refractivity (Wildman–Crippen MR) is 369 cm³/mol. The first-order chi connectivity index (χ1) is 42.0. The van der Waals surface area contributed by atoms with E-state index in [2.05, 4.69) is 160 Å². The predicted octanol–water partition coefficient (Wildman–Crippen LogP) is 22.0. The number of rotatable bonds is 62. The van der Waals surface area contributed by atoms with Gasteiger partial charge in [0.05, 0.1) is 27.7 Å². The molecule has 86 heavy (non-hydrogen) atoms. The lowest BCUT2D eigenvalue weighted by Gasteiger charge is -2.28. The zero-order chi connectivity index (χ0) is 62.6. The van der Waals surface area contributed by atoms with Gasteiger partial charge in [-0.3, -0.25) is 14.2 Å². The van der Waals surface area contributed by atoms with Crippen LogP contribution in [0.25, 0.3) is 0 Å². The molecular weight excluding hydrogens is 1090 g/mol. The van der Waals surface area contributed by atoms with Crippen molar-refractivity contribution in [1.82, 2.24) is 0 Å². The van der Waals surface area contributed by atoms with Gasteiger partial charge in [-0.25, -0.2) is 0 Å². The number of phosphoric ester groups is 1. The van der Waals surface area contributed by atoms with Gasteiger partial charge >= 0.3 is 11.9 Å². The van der Waals surface area contributed by atoms with E-state index in [9.17, 15) is 19.0 Å². The Morgan fingerprint density at radius 3 is 0.930 bits per heavy atom. The summed E-state index contributed by atoms with van der Waals surface area (Å²) in [4.78, 5) is 38.1. The molecule has 0 aromatic rings. The van der Waals surface area contributed by atoms with Crippen LogP contribution in [0.4, 0.5) is 0 Å². The van der Waals surface area contributed by atoms with E-state index in [4.69, 9.17) is 18.5 Å². The molecule has 0 aliphatic rings. The van der Waals surface area contributed by atoms with E-state index >= 15 is 0 Å². The van der Waals surface area contributed by atoms with E-state index in [0.717, 1.165) is 122 Å². The fraction of sp³-hybridized carbons (Fsp3) is 0.658. The molecule has 0 fully saturated rings. The van der Waals surface area contributed by atoms with Crippen LogP contribution >= 0.6 is 7.82 Å². The highest BCUT2D eigenvalue weighted by Gasteiger charge is 2.22. The maximum absolute atomic E-state index is 12.9. The summed E-state index contributed by atoms with van der Waals surface area (Å²) in [6, 6.07) is 0. The average Bonchev–Trinajstić information content (AvgIpc) is 3.56. The van der Waals surface area contributed by atoms with Crippen molar-refractivity contribution in [2.75, 3.05) is 47.5 Å². The molecule has 0 aliphatic carbocycles. The standard InChI is InChI=1S/C76H128NO8P/c1-6-8-10-12-14-16-18-20-22-24-26-28-30-32-34-35-36-37-38-39-40-41-43-45-47-49-51-53-55-57-59-61-63-65-67-69-76(79)85-74(73-84-86(80,81)83-71-70-77(3,4)5)72-82-75(78)68-66-64-62-60-58-56-54-52-50-48-46-44-42-33-31-29-27-25-23-21-19-17-15-13-11-9-7-2/h8-11,14-17,20-23,26-29,32-34,36-37,42,46,48,74H,6-7,12-13,18-19,24-25,30-31,35,38-41,43-45,47,49-73H2,1-5H3/b10-8-,11-9-,16-14-,17-15-,22-20-,23-21-,28-26-,29-27-,34-32-,37-36-,42-33-,48-46-. The molecule has 0 saturated heterocycles. The summed E-state index contributed by atoms with van der Waals surface area (Å²) in [7, 11) is 1.15. The fourth-order valence-corrected chi connectivity index (χ4v) is 9.86. The minimum absolute atomic E-state index is 0.0384. The van der Waals surface area contributed by atoms with Crippen LogP contribution in [0.5, 0.6) is 0 Å². The van der Waals surface area contributed by atoms with Gasteiger partial charge in [0, 0.05) is 12.8 Å². The molecule has 2 unspecified atom stereocenters. The summed E-state index contributed by atoms with van der Waals surface area (Å²) in [6.07, 6.45) is 96.3. The zero-order valence-electron chi connectivity index (χ0n) is 55.7. The maximum Gasteiger partial charge on any atom is 0.306 e. The molecule has 0 heterocycles. The van der Waals surface area contributed by atoms with Crippen molar-refractivity contribution in [1.29, 1.82) is 0 Å². The largest absolute Gasteiger partial charge is 0.756 e. The summed E-state index contributed by atoms with van der Waals surface area (Å²) in [5.74, 6) is -0.845.